The first-order chi connectivity index (χ1) is 9.28. The molecule has 0 atom stereocenters. The number of thiophene rings is 1. The number of rotatable bonds is 6. The Morgan fingerprint density at radius 3 is 2.68 bits per heavy atom. The Kier molecular flexibility index (Phi) is 4.80. The predicted octanol–water partition coefficient (Wildman–Crippen LogP) is 2.49. The van der Waals surface area contributed by atoms with Crippen LogP contribution in [0.25, 0.3) is 0 Å². The molecule has 0 unspecified atom stereocenters. The minimum absolute atomic E-state index is 0.0320. The van der Waals surface area contributed by atoms with E-state index in [4.69, 9.17) is 4.74 Å². The van der Waals surface area contributed by atoms with Crippen molar-refractivity contribution < 1.29 is 9.53 Å². The maximum Gasteiger partial charge on any atom is 0.258 e. The fourth-order valence-corrected chi connectivity index (χ4v) is 2.16. The van der Waals surface area contributed by atoms with Gasteiger partial charge in [-0.15, -0.1) is 11.3 Å². The largest absolute Gasteiger partial charge is 0.484 e. The van der Waals surface area contributed by atoms with E-state index in [9.17, 15) is 4.79 Å². The molecule has 1 aromatic heterocycles. The molecule has 5 heteroatoms. The molecule has 0 aliphatic heterocycles. The third-order valence-corrected chi connectivity index (χ3v) is 3.43. The monoisotopic (exact) mass is 276 g/mol. The van der Waals surface area contributed by atoms with Crippen molar-refractivity contribution in [1.82, 2.24) is 5.32 Å². The maximum atomic E-state index is 11.6. The third-order valence-electron chi connectivity index (χ3n) is 2.55. The molecular formula is C14H16N2O2S. The zero-order chi connectivity index (χ0) is 13.5. The average molecular weight is 276 g/mol. The van der Waals surface area contributed by atoms with Gasteiger partial charge >= 0.3 is 0 Å². The summed E-state index contributed by atoms with van der Waals surface area (Å²) in [6.45, 7) is 0.586. The summed E-state index contributed by atoms with van der Waals surface area (Å²) in [7, 11) is 1.86. The molecule has 1 amide bonds. The van der Waals surface area contributed by atoms with E-state index in [-0.39, 0.29) is 12.5 Å². The van der Waals surface area contributed by atoms with Crippen LogP contribution < -0.4 is 15.4 Å². The molecule has 2 aromatic rings. The molecule has 1 heterocycles. The first-order valence-corrected chi connectivity index (χ1v) is 6.85. The fraction of sp³-hybridized carbons (Fsp3) is 0.214. The summed E-state index contributed by atoms with van der Waals surface area (Å²) in [6, 6.07) is 11.4. The highest BCUT2D eigenvalue weighted by Gasteiger charge is 2.03. The highest BCUT2D eigenvalue weighted by Crippen LogP contribution is 2.14. The van der Waals surface area contributed by atoms with E-state index in [2.05, 4.69) is 10.6 Å². The van der Waals surface area contributed by atoms with Gasteiger partial charge in [-0.1, -0.05) is 6.07 Å². The van der Waals surface area contributed by atoms with Gasteiger partial charge in [-0.2, -0.15) is 0 Å². The van der Waals surface area contributed by atoms with Crippen LogP contribution in [0.15, 0.2) is 41.8 Å². The Balaban J connectivity index is 1.73. The average Bonchev–Trinajstić information content (AvgIpc) is 2.96. The van der Waals surface area contributed by atoms with Crippen LogP contribution in [0.1, 0.15) is 4.88 Å². The second-order valence-electron chi connectivity index (χ2n) is 3.92. The van der Waals surface area contributed by atoms with Crippen molar-refractivity contribution in [2.45, 2.75) is 6.54 Å². The lowest BCUT2D eigenvalue weighted by molar-refractivity contribution is -0.123. The lowest BCUT2D eigenvalue weighted by Crippen LogP contribution is -2.28. The van der Waals surface area contributed by atoms with Crippen molar-refractivity contribution in [2.75, 3.05) is 19.0 Å². The van der Waals surface area contributed by atoms with Crippen molar-refractivity contribution in [2.24, 2.45) is 0 Å². The number of anilines is 1. The molecule has 0 saturated carbocycles. The minimum atomic E-state index is -0.119. The van der Waals surface area contributed by atoms with E-state index < -0.39 is 0 Å². The van der Waals surface area contributed by atoms with Crippen LogP contribution in [0.2, 0.25) is 0 Å². The number of ether oxygens (including phenoxy) is 1. The first-order valence-electron chi connectivity index (χ1n) is 5.97. The summed E-state index contributed by atoms with van der Waals surface area (Å²) in [5.74, 6) is 0.566. The molecule has 19 heavy (non-hydrogen) atoms. The van der Waals surface area contributed by atoms with Gasteiger partial charge in [0.1, 0.15) is 5.75 Å². The number of amides is 1. The molecule has 100 valence electrons. The Hall–Kier alpha value is -2.01. The van der Waals surface area contributed by atoms with E-state index in [1.54, 1.807) is 11.3 Å². The van der Waals surface area contributed by atoms with Gasteiger partial charge in [-0.3, -0.25) is 4.79 Å². The van der Waals surface area contributed by atoms with Gasteiger partial charge in [-0.05, 0) is 35.7 Å². The van der Waals surface area contributed by atoms with Crippen molar-refractivity contribution in [3.8, 4) is 5.75 Å². The van der Waals surface area contributed by atoms with Crippen LogP contribution in [-0.2, 0) is 11.3 Å². The molecule has 0 aliphatic rings. The second-order valence-corrected chi connectivity index (χ2v) is 4.95. The van der Waals surface area contributed by atoms with Crippen molar-refractivity contribution in [3.63, 3.8) is 0 Å². The minimum Gasteiger partial charge on any atom is -0.484 e. The number of hydrogen-bond donors (Lipinski definition) is 2. The molecule has 4 nitrogen and oxygen atoms in total. The van der Waals surface area contributed by atoms with Gasteiger partial charge in [0.2, 0.25) is 0 Å². The van der Waals surface area contributed by atoms with Crippen LogP contribution in [0, 0.1) is 0 Å². The maximum absolute atomic E-state index is 11.6. The Morgan fingerprint density at radius 1 is 1.26 bits per heavy atom. The standard InChI is InChI=1S/C14H16N2O2S/c1-15-11-4-6-12(7-5-11)18-10-14(17)16-9-13-3-2-8-19-13/h2-8,15H,9-10H2,1H3,(H,16,17). The zero-order valence-corrected chi connectivity index (χ0v) is 11.5. The number of carbonyl (C=O) groups is 1. The molecule has 0 aliphatic carbocycles. The summed E-state index contributed by atoms with van der Waals surface area (Å²) >= 11 is 1.62. The van der Waals surface area contributed by atoms with Gasteiger partial charge in [0.05, 0.1) is 6.54 Å². The molecule has 2 N–H and O–H groups in total. The summed E-state index contributed by atoms with van der Waals surface area (Å²) in [4.78, 5) is 12.7. The normalized spacial score (nSPS) is 9.95. The lowest BCUT2D eigenvalue weighted by atomic mass is 10.3. The Morgan fingerprint density at radius 2 is 2.05 bits per heavy atom. The lowest BCUT2D eigenvalue weighted by Gasteiger charge is -2.07. The van der Waals surface area contributed by atoms with Gasteiger partial charge in [-0.25, -0.2) is 0 Å². The number of benzene rings is 1. The Bertz CT molecular complexity index is 509. The first kappa shape index (κ1) is 13.4. The van der Waals surface area contributed by atoms with E-state index in [1.807, 2.05) is 48.8 Å². The molecule has 1 aromatic carbocycles. The fourth-order valence-electron chi connectivity index (χ4n) is 1.52. The summed E-state index contributed by atoms with van der Waals surface area (Å²) < 4.78 is 5.40. The molecule has 0 saturated heterocycles. The van der Waals surface area contributed by atoms with Crippen LogP contribution in [0.3, 0.4) is 0 Å². The molecule has 0 radical (unpaired) electrons. The second kappa shape index (κ2) is 6.80. The van der Waals surface area contributed by atoms with Crippen molar-refractivity contribution >= 4 is 22.9 Å². The summed E-state index contributed by atoms with van der Waals surface area (Å²) in [6.07, 6.45) is 0. The smallest absolute Gasteiger partial charge is 0.258 e. The SMILES string of the molecule is CNc1ccc(OCC(=O)NCc2cccs2)cc1. The van der Waals surface area contributed by atoms with E-state index in [0.717, 1.165) is 10.6 Å². The van der Waals surface area contributed by atoms with Crippen LogP contribution >= 0.6 is 11.3 Å². The number of hydrogen-bond acceptors (Lipinski definition) is 4. The third kappa shape index (κ3) is 4.30. The Labute approximate surface area is 116 Å². The van der Waals surface area contributed by atoms with Gasteiger partial charge in [0, 0.05) is 17.6 Å². The molecule has 0 fully saturated rings. The topological polar surface area (TPSA) is 50.4 Å². The van der Waals surface area contributed by atoms with E-state index >= 15 is 0 Å². The van der Waals surface area contributed by atoms with Crippen molar-refractivity contribution in [1.29, 1.82) is 0 Å². The number of carbonyl (C=O) groups excluding carboxylic acids is 1. The van der Waals surface area contributed by atoms with Gasteiger partial charge in [0.25, 0.3) is 5.91 Å². The van der Waals surface area contributed by atoms with Crippen molar-refractivity contribution in [3.05, 3.63) is 46.7 Å². The van der Waals surface area contributed by atoms with Gasteiger partial charge < -0.3 is 15.4 Å². The van der Waals surface area contributed by atoms with Crippen LogP contribution in [0.5, 0.6) is 5.75 Å². The number of nitrogens with one attached hydrogen (secondary N) is 2. The molecular weight excluding hydrogens is 260 g/mol. The predicted molar refractivity (Wildman–Crippen MR) is 77.6 cm³/mol. The summed E-state index contributed by atoms with van der Waals surface area (Å²) in [5, 5.41) is 7.82. The molecule has 0 spiro atoms. The van der Waals surface area contributed by atoms with Gasteiger partial charge in [0.15, 0.2) is 6.61 Å². The van der Waals surface area contributed by atoms with Crippen LogP contribution in [0.4, 0.5) is 5.69 Å². The molecule has 2 rings (SSSR count). The summed E-state index contributed by atoms with van der Waals surface area (Å²) in [5.41, 5.74) is 1.01. The highest BCUT2D eigenvalue weighted by atomic mass is 32.1. The van der Waals surface area contributed by atoms with E-state index in [1.165, 1.54) is 0 Å². The molecule has 0 bridgehead atoms. The van der Waals surface area contributed by atoms with Crippen LogP contribution in [-0.4, -0.2) is 19.6 Å². The highest BCUT2D eigenvalue weighted by molar-refractivity contribution is 7.09. The zero-order valence-electron chi connectivity index (χ0n) is 10.7. The van der Waals surface area contributed by atoms with E-state index in [0.29, 0.717) is 12.3 Å². The quantitative estimate of drug-likeness (QED) is 0.852.